The van der Waals surface area contributed by atoms with E-state index in [1.165, 1.54) is 31.4 Å². The Bertz CT molecular complexity index is 874. The number of methoxy groups -OCH3 is 1. The first-order valence-corrected chi connectivity index (χ1v) is 9.05. The normalized spacial score (nSPS) is 11.3. The van der Waals surface area contributed by atoms with Crippen molar-refractivity contribution in [1.82, 2.24) is 4.72 Å². The van der Waals surface area contributed by atoms with Crippen LogP contribution in [-0.2, 0) is 14.8 Å². The molecule has 0 saturated heterocycles. The largest absolute Gasteiger partial charge is 0.383 e. The van der Waals surface area contributed by atoms with Crippen LogP contribution in [0.15, 0.2) is 47.4 Å². The molecule has 0 bridgehead atoms. The van der Waals surface area contributed by atoms with E-state index in [4.69, 9.17) is 16.3 Å². The van der Waals surface area contributed by atoms with Crippen molar-refractivity contribution in [3.63, 3.8) is 0 Å². The molecule has 2 aromatic rings. The fraction of sp³-hybridized carbons (Fsp3) is 0.188. The number of sulfonamides is 1. The van der Waals surface area contributed by atoms with E-state index >= 15 is 0 Å². The van der Waals surface area contributed by atoms with Crippen LogP contribution in [0.1, 0.15) is 10.4 Å². The van der Waals surface area contributed by atoms with E-state index in [-0.39, 0.29) is 34.3 Å². The molecule has 2 rings (SSSR count). The predicted octanol–water partition coefficient (Wildman–Crippen LogP) is 2.66. The van der Waals surface area contributed by atoms with Gasteiger partial charge >= 0.3 is 0 Å². The van der Waals surface area contributed by atoms with Crippen molar-refractivity contribution in [1.29, 1.82) is 0 Å². The number of hydrogen-bond donors (Lipinski definition) is 2. The molecule has 0 aliphatic heterocycles. The monoisotopic (exact) mass is 386 g/mol. The Labute approximate surface area is 150 Å². The Kier molecular flexibility index (Phi) is 6.49. The third kappa shape index (κ3) is 4.99. The van der Waals surface area contributed by atoms with E-state index in [1.807, 2.05) is 0 Å². The highest BCUT2D eigenvalue weighted by Gasteiger charge is 2.17. The molecular formula is C16H16ClFN2O4S. The van der Waals surface area contributed by atoms with Gasteiger partial charge in [-0.1, -0.05) is 23.7 Å². The molecule has 2 aromatic carbocycles. The van der Waals surface area contributed by atoms with E-state index in [0.29, 0.717) is 0 Å². The van der Waals surface area contributed by atoms with Gasteiger partial charge in [0.2, 0.25) is 10.0 Å². The van der Waals surface area contributed by atoms with Crippen LogP contribution in [0.25, 0.3) is 0 Å². The molecule has 25 heavy (non-hydrogen) atoms. The van der Waals surface area contributed by atoms with Gasteiger partial charge < -0.3 is 10.1 Å². The third-order valence-corrected chi connectivity index (χ3v) is 5.00. The second-order valence-electron chi connectivity index (χ2n) is 4.97. The molecule has 0 fully saturated rings. The van der Waals surface area contributed by atoms with E-state index in [9.17, 15) is 17.6 Å². The number of carbonyl (C=O) groups is 1. The third-order valence-electron chi connectivity index (χ3n) is 3.22. The van der Waals surface area contributed by atoms with Crippen LogP contribution in [0.5, 0.6) is 0 Å². The summed E-state index contributed by atoms with van der Waals surface area (Å²) in [4.78, 5) is 11.9. The van der Waals surface area contributed by atoms with E-state index < -0.39 is 21.7 Å². The lowest BCUT2D eigenvalue weighted by Crippen LogP contribution is -2.27. The standard InChI is InChI=1S/C16H16ClFN2O4S/c1-24-9-8-19-25(22,23)11-6-7-15(14(18)10-11)20-16(21)12-4-2-3-5-13(12)17/h2-7,10,19H,8-9H2,1H3,(H,20,21). The highest BCUT2D eigenvalue weighted by molar-refractivity contribution is 7.89. The Morgan fingerprint density at radius 1 is 1.24 bits per heavy atom. The summed E-state index contributed by atoms with van der Waals surface area (Å²) in [6.45, 7) is 0.249. The average molecular weight is 387 g/mol. The molecule has 0 unspecified atom stereocenters. The van der Waals surface area contributed by atoms with Crippen molar-refractivity contribution in [2.75, 3.05) is 25.6 Å². The Morgan fingerprint density at radius 3 is 2.60 bits per heavy atom. The number of anilines is 1. The van der Waals surface area contributed by atoms with Crippen molar-refractivity contribution >= 4 is 33.2 Å². The maximum atomic E-state index is 14.2. The van der Waals surface area contributed by atoms with E-state index in [0.717, 1.165) is 6.07 Å². The SMILES string of the molecule is COCCNS(=O)(=O)c1ccc(NC(=O)c2ccccc2Cl)c(F)c1. The molecule has 0 radical (unpaired) electrons. The molecule has 0 aliphatic rings. The number of hydrogen-bond acceptors (Lipinski definition) is 4. The summed E-state index contributed by atoms with van der Waals surface area (Å²) in [5, 5.41) is 2.59. The lowest BCUT2D eigenvalue weighted by Gasteiger charge is -2.10. The Balaban J connectivity index is 2.17. The van der Waals surface area contributed by atoms with Gasteiger partial charge in [-0.3, -0.25) is 4.79 Å². The highest BCUT2D eigenvalue weighted by atomic mass is 35.5. The van der Waals surface area contributed by atoms with Crippen LogP contribution in [0.4, 0.5) is 10.1 Å². The molecular weight excluding hydrogens is 371 g/mol. The average Bonchev–Trinajstić information content (AvgIpc) is 2.57. The molecule has 1 amide bonds. The van der Waals surface area contributed by atoms with Crippen molar-refractivity contribution in [3.05, 3.63) is 58.9 Å². The number of halogens is 2. The van der Waals surface area contributed by atoms with Crippen molar-refractivity contribution in [3.8, 4) is 0 Å². The van der Waals surface area contributed by atoms with Crippen LogP contribution in [0.2, 0.25) is 5.02 Å². The van der Waals surface area contributed by atoms with Gasteiger partial charge in [0.15, 0.2) is 0 Å². The maximum Gasteiger partial charge on any atom is 0.257 e. The summed E-state index contributed by atoms with van der Waals surface area (Å²) in [6, 6.07) is 9.52. The van der Waals surface area contributed by atoms with E-state index in [2.05, 4.69) is 10.0 Å². The topological polar surface area (TPSA) is 84.5 Å². The molecule has 0 aliphatic carbocycles. The van der Waals surface area contributed by atoms with E-state index in [1.54, 1.807) is 12.1 Å². The fourth-order valence-corrected chi connectivity index (χ4v) is 3.21. The van der Waals surface area contributed by atoms with Crippen LogP contribution in [0.3, 0.4) is 0 Å². The van der Waals surface area contributed by atoms with Gasteiger partial charge in [0, 0.05) is 13.7 Å². The summed E-state index contributed by atoms with van der Waals surface area (Å²) >= 11 is 5.92. The van der Waals surface area contributed by atoms with Crippen molar-refractivity contribution < 1.29 is 22.3 Å². The van der Waals surface area contributed by atoms with Crippen LogP contribution < -0.4 is 10.0 Å². The van der Waals surface area contributed by atoms with Gasteiger partial charge in [0.1, 0.15) is 5.82 Å². The molecule has 0 atom stereocenters. The molecule has 0 heterocycles. The zero-order chi connectivity index (χ0) is 18.4. The smallest absolute Gasteiger partial charge is 0.257 e. The molecule has 6 nitrogen and oxygen atoms in total. The Morgan fingerprint density at radius 2 is 1.96 bits per heavy atom. The number of ether oxygens (including phenoxy) is 1. The van der Waals surface area contributed by atoms with Crippen molar-refractivity contribution in [2.45, 2.75) is 4.90 Å². The molecule has 0 aromatic heterocycles. The fourth-order valence-electron chi connectivity index (χ4n) is 1.96. The minimum Gasteiger partial charge on any atom is -0.383 e. The molecule has 134 valence electrons. The number of amides is 1. The van der Waals surface area contributed by atoms with Crippen LogP contribution >= 0.6 is 11.6 Å². The summed E-state index contributed by atoms with van der Waals surface area (Å²) < 4.78 is 45.2. The van der Waals surface area contributed by atoms with Gasteiger partial charge in [-0.15, -0.1) is 0 Å². The highest BCUT2D eigenvalue weighted by Crippen LogP contribution is 2.21. The maximum absolute atomic E-state index is 14.2. The van der Waals surface area contributed by atoms with Crippen LogP contribution in [-0.4, -0.2) is 34.6 Å². The summed E-state index contributed by atoms with van der Waals surface area (Å²) in [5.74, 6) is -1.48. The zero-order valence-electron chi connectivity index (χ0n) is 13.3. The minimum atomic E-state index is -3.86. The summed E-state index contributed by atoms with van der Waals surface area (Å²) in [6.07, 6.45) is 0. The number of nitrogens with one attached hydrogen (secondary N) is 2. The first-order valence-electron chi connectivity index (χ1n) is 7.19. The van der Waals surface area contributed by atoms with Crippen molar-refractivity contribution in [2.24, 2.45) is 0 Å². The first-order chi connectivity index (χ1) is 11.8. The second kappa shape index (κ2) is 8.39. The quantitative estimate of drug-likeness (QED) is 0.716. The predicted molar refractivity (Wildman–Crippen MR) is 92.9 cm³/mol. The van der Waals surface area contributed by atoms with Gasteiger partial charge in [0.05, 0.1) is 27.8 Å². The Hall–Kier alpha value is -2.00. The molecule has 0 spiro atoms. The van der Waals surface area contributed by atoms with Gasteiger partial charge in [-0.25, -0.2) is 17.5 Å². The first kappa shape index (κ1) is 19.3. The van der Waals surface area contributed by atoms with Gasteiger partial charge in [0.25, 0.3) is 5.91 Å². The minimum absolute atomic E-state index is 0.0610. The molecule has 9 heteroatoms. The number of carbonyl (C=O) groups excluding carboxylic acids is 1. The number of benzene rings is 2. The molecule has 0 saturated carbocycles. The molecule has 2 N–H and O–H groups in total. The lowest BCUT2D eigenvalue weighted by molar-refractivity contribution is 0.102. The van der Waals surface area contributed by atoms with Gasteiger partial charge in [-0.2, -0.15) is 0 Å². The van der Waals surface area contributed by atoms with Crippen LogP contribution in [0, 0.1) is 5.82 Å². The lowest BCUT2D eigenvalue weighted by atomic mass is 10.2. The number of rotatable bonds is 7. The second-order valence-corrected chi connectivity index (χ2v) is 7.14. The van der Waals surface area contributed by atoms with Gasteiger partial charge in [-0.05, 0) is 30.3 Å². The summed E-state index contributed by atoms with van der Waals surface area (Å²) in [5.41, 5.74) is 0.0299. The summed E-state index contributed by atoms with van der Waals surface area (Å²) in [7, 11) is -2.43. The zero-order valence-corrected chi connectivity index (χ0v) is 14.8.